The number of Topliss-reactive ketones (excluding diaryl/α,β-unsaturated/α-hetero) is 3. The predicted molar refractivity (Wildman–Crippen MR) is 141 cm³/mol. The van der Waals surface area contributed by atoms with Gasteiger partial charge in [0.2, 0.25) is 0 Å². The lowest BCUT2D eigenvalue weighted by Gasteiger charge is -2.59. The summed E-state index contributed by atoms with van der Waals surface area (Å²) in [6, 6.07) is 2.17. The van der Waals surface area contributed by atoms with Crippen molar-refractivity contribution >= 4 is 17.3 Å². The molecule has 200 valence electrons. The lowest BCUT2D eigenvalue weighted by atomic mass is 9.45. The summed E-state index contributed by atoms with van der Waals surface area (Å²) in [5, 5.41) is 35.2. The number of rotatable bonds is 5. The number of aryl methyl sites for hydroxylation is 1. The molecular formula is C31H40O6. The molecule has 0 saturated carbocycles. The Balaban J connectivity index is 2.02. The van der Waals surface area contributed by atoms with Crippen molar-refractivity contribution in [1.29, 1.82) is 0 Å². The number of benzene rings is 1. The summed E-state index contributed by atoms with van der Waals surface area (Å²) in [7, 11) is 0. The van der Waals surface area contributed by atoms with Crippen molar-refractivity contribution in [3.63, 3.8) is 0 Å². The van der Waals surface area contributed by atoms with Crippen LogP contribution in [0.1, 0.15) is 108 Å². The van der Waals surface area contributed by atoms with E-state index in [0.717, 1.165) is 27.8 Å². The first-order valence-electron chi connectivity index (χ1n) is 13.2. The molecule has 1 aromatic carbocycles. The van der Waals surface area contributed by atoms with Crippen LogP contribution in [0.5, 0.6) is 0 Å². The number of carbonyl (C=O) groups excluding carboxylic acids is 3. The second kappa shape index (κ2) is 8.65. The van der Waals surface area contributed by atoms with Crippen molar-refractivity contribution in [1.82, 2.24) is 0 Å². The van der Waals surface area contributed by atoms with E-state index in [1.54, 1.807) is 13.8 Å². The average molecular weight is 509 g/mol. The van der Waals surface area contributed by atoms with Gasteiger partial charge in [0, 0.05) is 18.4 Å². The van der Waals surface area contributed by atoms with E-state index < -0.39 is 39.7 Å². The normalized spacial score (nSPS) is 31.3. The minimum absolute atomic E-state index is 0.0262. The molecule has 37 heavy (non-hydrogen) atoms. The fourth-order valence-corrected chi connectivity index (χ4v) is 7.54. The topological polar surface area (TPSA) is 112 Å². The molecule has 0 aromatic heterocycles. The highest BCUT2D eigenvalue weighted by Crippen LogP contribution is 2.68. The van der Waals surface area contributed by atoms with Crippen molar-refractivity contribution in [2.45, 2.75) is 99.5 Å². The van der Waals surface area contributed by atoms with E-state index in [-0.39, 0.29) is 29.5 Å². The maximum atomic E-state index is 13.0. The number of hydrogen-bond acceptors (Lipinski definition) is 6. The van der Waals surface area contributed by atoms with Crippen LogP contribution >= 0.6 is 0 Å². The van der Waals surface area contributed by atoms with Crippen LogP contribution in [0.25, 0.3) is 0 Å². The van der Waals surface area contributed by atoms with Crippen LogP contribution in [0.15, 0.2) is 28.7 Å². The van der Waals surface area contributed by atoms with Crippen LogP contribution < -0.4 is 0 Å². The van der Waals surface area contributed by atoms with Crippen molar-refractivity contribution in [2.24, 2.45) is 16.2 Å². The number of ketones is 3. The molecule has 3 aliphatic carbocycles. The molecule has 0 bridgehead atoms. The zero-order valence-electron chi connectivity index (χ0n) is 23.3. The summed E-state index contributed by atoms with van der Waals surface area (Å²) in [5.74, 6) is -1.20. The molecule has 6 nitrogen and oxygen atoms in total. The molecule has 0 fully saturated rings. The highest BCUT2D eigenvalue weighted by molar-refractivity contribution is 6.20. The average Bonchev–Trinajstić information content (AvgIpc) is 2.74. The fourth-order valence-electron chi connectivity index (χ4n) is 7.54. The van der Waals surface area contributed by atoms with Gasteiger partial charge in [-0.1, -0.05) is 33.8 Å². The Morgan fingerprint density at radius 2 is 1.70 bits per heavy atom. The zero-order chi connectivity index (χ0) is 27.8. The number of aliphatic hydroxyl groups is 3. The maximum Gasteiger partial charge on any atom is 0.170 e. The molecule has 4 unspecified atom stereocenters. The molecule has 0 radical (unpaired) electrons. The third-order valence-corrected chi connectivity index (χ3v) is 9.63. The van der Waals surface area contributed by atoms with Crippen LogP contribution in [-0.4, -0.2) is 32.7 Å². The third-order valence-electron chi connectivity index (χ3n) is 9.63. The Labute approximate surface area is 219 Å². The van der Waals surface area contributed by atoms with Crippen molar-refractivity contribution in [3.05, 3.63) is 56.5 Å². The molecule has 0 heterocycles. The summed E-state index contributed by atoms with van der Waals surface area (Å²) in [4.78, 5) is 37.0. The first-order valence-corrected chi connectivity index (χ1v) is 13.2. The van der Waals surface area contributed by atoms with E-state index in [1.165, 1.54) is 6.92 Å². The Morgan fingerprint density at radius 1 is 1.08 bits per heavy atom. The summed E-state index contributed by atoms with van der Waals surface area (Å²) >= 11 is 0. The molecule has 3 aliphatic rings. The lowest BCUT2D eigenvalue weighted by molar-refractivity contribution is -0.128. The summed E-state index contributed by atoms with van der Waals surface area (Å²) in [5.41, 5.74) is 2.18. The van der Waals surface area contributed by atoms with E-state index in [2.05, 4.69) is 19.9 Å². The van der Waals surface area contributed by atoms with Crippen molar-refractivity contribution in [3.8, 4) is 0 Å². The molecule has 6 heteroatoms. The summed E-state index contributed by atoms with van der Waals surface area (Å²) < 4.78 is 0. The second-order valence-corrected chi connectivity index (χ2v) is 12.6. The number of allylic oxidation sites excluding steroid dienone is 1. The molecule has 0 spiro atoms. The van der Waals surface area contributed by atoms with E-state index in [9.17, 15) is 29.7 Å². The van der Waals surface area contributed by atoms with Gasteiger partial charge in [-0.2, -0.15) is 0 Å². The molecule has 4 atom stereocenters. The first-order chi connectivity index (χ1) is 17.0. The smallest absolute Gasteiger partial charge is 0.170 e. The standard InChI is InChI=1S/C31H40O6/c1-15(2)20-11-19(10-9-16(3)32)17(4)23-21(20)12-29(6)14-30(7)13-22(34)24(18(5)33)27(36)31(30,8)28(37)25(29)26(23)35/h11,15,26,35-37H,9-10,12-14H2,1-8H3. The fraction of sp³-hybridized carbons (Fsp3) is 0.581. The van der Waals surface area contributed by atoms with Gasteiger partial charge in [-0.15, -0.1) is 0 Å². The number of aliphatic hydroxyl groups excluding tert-OH is 3. The lowest BCUT2D eigenvalue weighted by Crippen LogP contribution is -2.55. The minimum Gasteiger partial charge on any atom is -0.511 e. The van der Waals surface area contributed by atoms with Gasteiger partial charge >= 0.3 is 0 Å². The summed E-state index contributed by atoms with van der Waals surface area (Å²) in [6.45, 7) is 14.6. The highest BCUT2D eigenvalue weighted by atomic mass is 16.3. The summed E-state index contributed by atoms with van der Waals surface area (Å²) in [6.07, 6.45) is 0.928. The number of fused-ring (bicyclic) bond motifs is 3. The predicted octanol–water partition coefficient (Wildman–Crippen LogP) is 5.84. The molecule has 3 N–H and O–H groups in total. The SMILES string of the molecule is CC(=O)CCc1cc(C(C)C)c2c(c1C)C(O)C1=C(O)C3(C)C(O)=C(C(C)=O)C(=O)CC3(C)CC1(C)C2. The maximum absolute atomic E-state index is 13.0. The van der Waals surface area contributed by atoms with Gasteiger partial charge in [0.1, 0.15) is 23.4 Å². The first kappa shape index (κ1) is 27.3. The van der Waals surface area contributed by atoms with Crippen LogP contribution in [0, 0.1) is 23.2 Å². The Morgan fingerprint density at radius 3 is 2.24 bits per heavy atom. The quantitative estimate of drug-likeness (QED) is 0.431. The van der Waals surface area contributed by atoms with Gasteiger partial charge in [0.25, 0.3) is 0 Å². The van der Waals surface area contributed by atoms with Gasteiger partial charge in [-0.05, 0) is 91.5 Å². The molecule has 4 rings (SSSR count). The monoisotopic (exact) mass is 508 g/mol. The Kier molecular flexibility index (Phi) is 6.39. The van der Waals surface area contributed by atoms with Gasteiger partial charge in [-0.3, -0.25) is 9.59 Å². The van der Waals surface area contributed by atoms with E-state index >= 15 is 0 Å². The van der Waals surface area contributed by atoms with E-state index in [0.29, 0.717) is 31.3 Å². The minimum atomic E-state index is -1.38. The van der Waals surface area contributed by atoms with Gasteiger partial charge in [-0.25, -0.2) is 0 Å². The van der Waals surface area contributed by atoms with E-state index in [4.69, 9.17) is 0 Å². The van der Waals surface area contributed by atoms with E-state index in [1.807, 2.05) is 20.8 Å². The largest absolute Gasteiger partial charge is 0.511 e. The van der Waals surface area contributed by atoms with Crippen molar-refractivity contribution < 1.29 is 29.7 Å². The number of hydrogen-bond donors (Lipinski definition) is 3. The number of carbonyl (C=O) groups is 3. The van der Waals surface area contributed by atoms with Crippen LogP contribution in [0.4, 0.5) is 0 Å². The third kappa shape index (κ3) is 3.74. The highest BCUT2D eigenvalue weighted by Gasteiger charge is 2.64. The molecule has 0 saturated heterocycles. The zero-order valence-corrected chi connectivity index (χ0v) is 23.3. The van der Waals surface area contributed by atoms with Gasteiger partial charge in [0.15, 0.2) is 11.6 Å². The second-order valence-electron chi connectivity index (χ2n) is 12.6. The van der Waals surface area contributed by atoms with Gasteiger partial charge in [0.05, 0.1) is 11.0 Å². The molecular weight excluding hydrogens is 468 g/mol. The Bertz CT molecular complexity index is 1300. The molecule has 0 aliphatic heterocycles. The van der Waals surface area contributed by atoms with Crippen LogP contribution in [0.3, 0.4) is 0 Å². The van der Waals surface area contributed by atoms with Crippen LogP contribution in [0.2, 0.25) is 0 Å². The molecule has 1 aromatic rings. The van der Waals surface area contributed by atoms with Crippen LogP contribution in [-0.2, 0) is 27.2 Å². The van der Waals surface area contributed by atoms with Gasteiger partial charge < -0.3 is 20.1 Å². The van der Waals surface area contributed by atoms with Crippen molar-refractivity contribution in [2.75, 3.05) is 0 Å². The molecule has 0 amide bonds. The Hall–Kier alpha value is -2.73.